The molecule has 0 amide bonds. The molecule has 0 aromatic carbocycles. The number of alkyl halides is 1. The van der Waals surface area contributed by atoms with E-state index >= 15 is 0 Å². The average Bonchev–Trinajstić information content (AvgIpc) is 2.12. The zero-order valence-electron chi connectivity index (χ0n) is 7.27. The summed E-state index contributed by atoms with van der Waals surface area (Å²) in [5.41, 5.74) is 1.83. The van der Waals surface area contributed by atoms with Gasteiger partial charge in [-0.1, -0.05) is 23.4 Å². The Bertz CT molecular complexity index is 350. The van der Waals surface area contributed by atoms with Crippen molar-refractivity contribution in [1.82, 2.24) is 4.98 Å². The highest BCUT2D eigenvalue weighted by Gasteiger charge is 1.95. The van der Waals surface area contributed by atoms with Crippen LogP contribution in [0.4, 0.5) is 0 Å². The predicted molar refractivity (Wildman–Crippen MR) is 56.2 cm³/mol. The van der Waals surface area contributed by atoms with Crippen LogP contribution in [0.5, 0.6) is 0 Å². The Hall–Kier alpha value is -0.710. The molecule has 0 aliphatic carbocycles. The van der Waals surface area contributed by atoms with E-state index in [4.69, 9.17) is 23.2 Å². The lowest BCUT2D eigenvalue weighted by Crippen LogP contribution is -1.83. The van der Waals surface area contributed by atoms with Gasteiger partial charge in [0.1, 0.15) is 5.15 Å². The maximum atomic E-state index is 5.76. The maximum absolute atomic E-state index is 5.76. The molecule has 0 aliphatic rings. The predicted octanol–water partition coefficient (Wildman–Crippen LogP) is 3.02. The Kier molecular flexibility index (Phi) is 4.08. The Labute approximate surface area is 88.1 Å². The highest BCUT2D eigenvalue weighted by molar-refractivity contribution is 6.30. The van der Waals surface area contributed by atoms with Crippen LogP contribution in [0.15, 0.2) is 12.3 Å². The first-order chi connectivity index (χ1) is 6.24. The van der Waals surface area contributed by atoms with Gasteiger partial charge in [0.15, 0.2) is 0 Å². The number of hydrogen-bond acceptors (Lipinski definition) is 1. The molecule has 3 heteroatoms. The first kappa shape index (κ1) is 10.4. The number of pyridine rings is 1. The fraction of sp³-hybridized carbons (Fsp3) is 0.300. The Morgan fingerprint density at radius 2 is 2.31 bits per heavy atom. The van der Waals surface area contributed by atoms with Gasteiger partial charge >= 0.3 is 0 Å². The van der Waals surface area contributed by atoms with Crippen molar-refractivity contribution in [3.05, 3.63) is 28.5 Å². The smallest absolute Gasteiger partial charge is 0.132 e. The number of aromatic nitrogens is 1. The van der Waals surface area contributed by atoms with Crippen LogP contribution in [0.2, 0.25) is 5.15 Å². The van der Waals surface area contributed by atoms with Crippen LogP contribution in [0, 0.1) is 18.8 Å². The SMILES string of the molecule is Cc1cc(C#CCCCl)cnc1Cl. The van der Waals surface area contributed by atoms with Gasteiger partial charge in [0, 0.05) is 24.1 Å². The van der Waals surface area contributed by atoms with Crippen molar-refractivity contribution in [2.24, 2.45) is 0 Å². The van der Waals surface area contributed by atoms with E-state index in [1.807, 2.05) is 13.0 Å². The number of hydrogen-bond donors (Lipinski definition) is 0. The van der Waals surface area contributed by atoms with Crippen LogP contribution >= 0.6 is 23.2 Å². The van der Waals surface area contributed by atoms with Gasteiger partial charge in [0.2, 0.25) is 0 Å². The summed E-state index contributed by atoms with van der Waals surface area (Å²) < 4.78 is 0. The monoisotopic (exact) mass is 213 g/mol. The van der Waals surface area contributed by atoms with Crippen LogP contribution < -0.4 is 0 Å². The van der Waals surface area contributed by atoms with Crippen molar-refractivity contribution in [2.45, 2.75) is 13.3 Å². The summed E-state index contributed by atoms with van der Waals surface area (Å²) in [5.74, 6) is 6.45. The van der Waals surface area contributed by atoms with E-state index in [2.05, 4.69) is 16.8 Å². The number of halogens is 2. The molecular weight excluding hydrogens is 205 g/mol. The van der Waals surface area contributed by atoms with Gasteiger partial charge in [-0.05, 0) is 18.6 Å². The van der Waals surface area contributed by atoms with Crippen LogP contribution in [0.25, 0.3) is 0 Å². The minimum Gasteiger partial charge on any atom is -0.243 e. The highest BCUT2D eigenvalue weighted by atomic mass is 35.5. The molecule has 0 radical (unpaired) electrons. The first-order valence-corrected chi connectivity index (χ1v) is 4.82. The summed E-state index contributed by atoms with van der Waals surface area (Å²) in [7, 11) is 0. The summed E-state index contributed by atoms with van der Waals surface area (Å²) in [4.78, 5) is 3.99. The van der Waals surface area contributed by atoms with E-state index in [0.717, 1.165) is 11.1 Å². The summed E-state index contributed by atoms with van der Waals surface area (Å²) in [5, 5.41) is 0.530. The lowest BCUT2D eigenvalue weighted by molar-refractivity contribution is 1.25. The fourth-order valence-corrected chi connectivity index (χ4v) is 1.04. The van der Waals surface area contributed by atoms with Crippen LogP contribution in [0.1, 0.15) is 17.5 Å². The molecule has 0 saturated carbocycles. The summed E-state index contributed by atoms with van der Waals surface area (Å²) >= 11 is 11.2. The van der Waals surface area contributed by atoms with Gasteiger partial charge in [-0.25, -0.2) is 4.98 Å². The largest absolute Gasteiger partial charge is 0.243 e. The third-order valence-electron chi connectivity index (χ3n) is 1.47. The van der Waals surface area contributed by atoms with Gasteiger partial charge in [0.05, 0.1) is 0 Å². The molecule has 13 heavy (non-hydrogen) atoms. The topological polar surface area (TPSA) is 12.9 Å². The normalized spacial score (nSPS) is 9.15. The zero-order valence-corrected chi connectivity index (χ0v) is 8.78. The molecule has 1 aromatic heterocycles. The molecule has 1 aromatic rings. The van der Waals surface area contributed by atoms with Crippen molar-refractivity contribution < 1.29 is 0 Å². The van der Waals surface area contributed by atoms with E-state index < -0.39 is 0 Å². The van der Waals surface area contributed by atoms with Gasteiger partial charge < -0.3 is 0 Å². The van der Waals surface area contributed by atoms with E-state index in [1.165, 1.54) is 0 Å². The Balaban J connectivity index is 2.81. The van der Waals surface area contributed by atoms with Crippen LogP contribution in [-0.2, 0) is 0 Å². The van der Waals surface area contributed by atoms with Crippen molar-refractivity contribution in [3.63, 3.8) is 0 Å². The van der Waals surface area contributed by atoms with Crippen molar-refractivity contribution in [3.8, 4) is 11.8 Å². The van der Waals surface area contributed by atoms with E-state index in [9.17, 15) is 0 Å². The lowest BCUT2D eigenvalue weighted by Gasteiger charge is -1.95. The fourth-order valence-electron chi connectivity index (χ4n) is 0.838. The van der Waals surface area contributed by atoms with E-state index in [-0.39, 0.29) is 0 Å². The molecular formula is C10H9Cl2N. The third-order valence-corrected chi connectivity index (χ3v) is 2.05. The second kappa shape index (κ2) is 5.11. The van der Waals surface area contributed by atoms with Gasteiger partial charge in [-0.3, -0.25) is 0 Å². The van der Waals surface area contributed by atoms with Gasteiger partial charge in [-0.15, -0.1) is 11.6 Å². The summed E-state index contributed by atoms with van der Waals surface area (Å²) in [6, 6.07) is 1.91. The zero-order chi connectivity index (χ0) is 9.68. The van der Waals surface area contributed by atoms with E-state index in [1.54, 1.807) is 6.20 Å². The number of rotatable bonds is 1. The highest BCUT2D eigenvalue weighted by Crippen LogP contribution is 2.11. The molecule has 1 nitrogen and oxygen atoms in total. The first-order valence-electron chi connectivity index (χ1n) is 3.91. The van der Waals surface area contributed by atoms with E-state index in [0.29, 0.717) is 17.5 Å². The molecule has 0 fully saturated rings. The lowest BCUT2D eigenvalue weighted by atomic mass is 10.2. The molecule has 0 unspecified atom stereocenters. The standard InChI is InChI=1S/C10H9Cl2N/c1-8-6-9(4-2-3-5-11)7-13-10(8)12/h6-7H,3,5H2,1H3. The van der Waals surface area contributed by atoms with Crippen molar-refractivity contribution in [2.75, 3.05) is 5.88 Å². The van der Waals surface area contributed by atoms with Crippen LogP contribution in [0.3, 0.4) is 0 Å². The van der Waals surface area contributed by atoms with Crippen molar-refractivity contribution in [1.29, 1.82) is 0 Å². The molecule has 1 heterocycles. The quantitative estimate of drug-likeness (QED) is 0.397. The molecule has 68 valence electrons. The molecule has 0 bridgehead atoms. The third kappa shape index (κ3) is 3.26. The molecule has 1 rings (SSSR count). The molecule has 0 N–H and O–H groups in total. The second-order valence-corrected chi connectivity index (χ2v) is 3.31. The number of nitrogens with zero attached hydrogens (tertiary/aromatic N) is 1. The van der Waals surface area contributed by atoms with Gasteiger partial charge in [0.25, 0.3) is 0 Å². The van der Waals surface area contributed by atoms with Crippen LogP contribution in [-0.4, -0.2) is 10.9 Å². The van der Waals surface area contributed by atoms with Gasteiger partial charge in [-0.2, -0.15) is 0 Å². The molecule has 0 atom stereocenters. The minimum atomic E-state index is 0.530. The van der Waals surface area contributed by atoms with Crippen molar-refractivity contribution >= 4 is 23.2 Å². The molecule has 0 spiro atoms. The Morgan fingerprint density at radius 3 is 2.92 bits per heavy atom. The Morgan fingerprint density at radius 1 is 1.54 bits per heavy atom. The summed E-state index contributed by atoms with van der Waals surface area (Å²) in [6.07, 6.45) is 2.36. The second-order valence-electron chi connectivity index (χ2n) is 2.57. The average molecular weight is 214 g/mol. The molecule has 0 aliphatic heterocycles. The maximum Gasteiger partial charge on any atom is 0.132 e. The summed E-state index contributed by atoms with van der Waals surface area (Å²) in [6.45, 7) is 1.90. The minimum absolute atomic E-state index is 0.530. The number of aryl methyl sites for hydroxylation is 1. The molecule has 0 saturated heterocycles.